The normalized spacial score (nSPS) is 15.0. The molecule has 1 radical (unpaired) electrons. The number of nitrogens with two attached hydrogens (primary N) is 1. The summed E-state index contributed by atoms with van der Waals surface area (Å²) in [5.41, 5.74) is -0.949. The van der Waals surface area contributed by atoms with Crippen LogP contribution in [0.3, 0.4) is 0 Å². The van der Waals surface area contributed by atoms with Gasteiger partial charge < -0.3 is 30.4 Å². The molecular formula is C32H22FeN11Na2O13S2. The van der Waals surface area contributed by atoms with Gasteiger partial charge in [-0.05, 0) is 80.6 Å². The van der Waals surface area contributed by atoms with Crippen molar-refractivity contribution in [1.29, 1.82) is 0 Å². The Kier molecular flexibility index (Phi) is 18.3. The van der Waals surface area contributed by atoms with Gasteiger partial charge in [-0.2, -0.15) is 20.3 Å². The third-order valence-electron chi connectivity index (χ3n) is 7.58. The number of anilines is 1. The number of sulfonamides is 1. The second-order valence-electron chi connectivity index (χ2n) is 11.5. The quantitative estimate of drug-likeness (QED) is 0.0415. The fourth-order valence-corrected chi connectivity index (χ4v) is 5.69. The first-order valence-electron chi connectivity index (χ1n) is 15.6. The van der Waals surface area contributed by atoms with Gasteiger partial charge in [-0.1, -0.05) is 11.8 Å². The zero-order valence-corrected chi connectivity index (χ0v) is 38.3. The topological polar surface area (TPSA) is 373 Å². The van der Waals surface area contributed by atoms with Crippen LogP contribution >= 0.6 is 0 Å². The summed E-state index contributed by atoms with van der Waals surface area (Å²) in [6, 6.07) is 12.5. The maximum absolute atomic E-state index is 12.6. The maximum atomic E-state index is 12.6. The van der Waals surface area contributed by atoms with E-state index in [4.69, 9.17) is 5.14 Å². The molecular weight excluding hydrogens is 912 g/mol. The minimum absolute atomic E-state index is 0. The number of benzene rings is 3. The second kappa shape index (κ2) is 21.3. The maximum Gasteiger partial charge on any atom is 3.00 e. The van der Waals surface area contributed by atoms with E-state index in [0.29, 0.717) is 0 Å². The molecule has 1 aliphatic carbocycles. The molecule has 29 heteroatoms. The Balaban J connectivity index is 0.000000400. The van der Waals surface area contributed by atoms with Crippen LogP contribution in [0.5, 0.6) is 11.6 Å². The summed E-state index contributed by atoms with van der Waals surface area (Å²) in [6.45, 7) is 2.94. The van der Waals surface area contributed by atoms with Gasteiger partial charge in [-0.15, -0.1) is 15.3 Å². The average Bonchev–Trinajstić information content (AvgIpc) is 3.61. The zero-order valence-electron chi connectivity index (χ0n) is 31.6. The number of azo groups is 1. The van der Waals surface area contributed by atoms with Crippen LogP contribution in [0.25, 0.3) is 5.69 Å². The molecule has 305 valence electrons. The molecule has 0 bridgehead atoms. The van der Waals surface area contributed by atoms with Crippen molar-refractivity contribution in [3.8, 4) is 17.3 Å². The van der Waals surface area contributed by atoms with Crippen molar-refractivity contribution in [2.24, 2.45) is 30.7 Å². The standard InChI is InChI=1S/C16H12N6O6S.C16H13N5O7S.Fe.2Na/c1-9-15(19-18-13-8-11(22(25)26)4-7-14(13)23)16(24)21(20-9)10-2-5-12(6-3-10)29(17,27)28;1-9-15(18-17-13-8-11(21(24)25)4-7-14(13)22)16(23)20(19-9)10-2-5-12(6-3-10)29(26,27)28;;;/h2-8H,1H3,(H2,17,27,28);2-8,22-23H,1H3,(H,26,27,28);;;/q-2;;+3;2*+1/p-3. The number of non-ortho nitro benzene ring substituents is 1. The summed E-state index contributed by atoms with van der Waals surface area (Å²) in [5.74, 6) is -2.61. The Labute approximate surface area is 399 Å². The molecule has 0 fully saturated rings. The molecule has 4 aromatic rings. The van der Waals surface area contributed by atoms with Crippen molar-refractivity contribution in [3.63, 3.8) is 0 Å². The minimum atomic E-state index is -4.64. The number of aryl methyl sites for hydroxylation is 1. The largest absolute Gasteiger partial charge is 3.00 e. The molecule has 2 heterocycles. The van der Waals surface area contributed by atoms with Crippen molar-refractivity contribution in [2.45, 2.75) is 23.6 Å². The van der Waals surface area contributed by atoms with Gasteiger partial charge in [0.05, 0.1) is 43.2 Å². The zero-order chi connectivity index (χ0) is 42.7. The summed E-state index contributed by atoms with van der Waals surface area (Å²) < 4.78 is 56.5. The van der Waals surface area contributed by atoms with E-state index in [-0.39, 0.29) is 138 Å². The van der Waals surface area contributed by atoms with Crippen molar-refractivity contribution in [3.05, 3.63) is 117 Å². The number of ketones is 1. The number of nitro benzene ring substituents is 1. The van der Waals surface area contributed by atoms with E-state index in [1.807, 2.05) is 0 Å². The number of hydrogen-bond acceptors (Lipinski definition) is 20. The van der Waals surface area contributed by atoms with Gasteiger partial charge >= 0.3 is 82.1 Å². The SMILES string of the molecule is CC1=NN(c2ccc(S(N)(=O)=O)cc2)C(=O)C1=NN=C1C=C(N([O-])[O-])C=CC1=O.Cc1nn(-c2ccc(S(=O)(=O)[O-])cc2)c([O-])c1N=Nc1cc([N+](=O)[O-])ccc1[O-].[Fe+3].[Na+].[Na+]. The third-order valence-corrected chi connectivity index (χ3v) is 9.36. The third kappa shape index (κ3) is 12.6. The molecule has 1 aliphatic heterocycles. The number of hydrazone groups is 1. The van der Waals surface area contributed by atoms with Crippen molar-refractivity contribution in [1.82, 2.24) is 15.0 Å². The monoisotopic (exact) mass is 934 g/mol. The molecule has 0 atom stereocenters. The number of carbonyl (C=O) groups is 2. The summed E-state index contributed by atoms with van der Waals surface area (Å²) >= 11 is 0. The Hall–Kier alpha value is -4.84. The number of hydroxylamine groups is 2. The molecule has 61 heavy (non-hydrogen) atoms. The summed E-state index contributed by atoms with van der Waals surface area (Å²) in [6.07, 6.45) is 2.96. The van der Waals surface area contributed by atoms with Crippen LogP contribution in [0.4, 0.5) is 22.7 Å². The van der Waals surface area contributed by atoms with Crippen LogP contribution in [0.15, 0.2) is 126 Å². The van der Waals surface area contributed by atoms with Crippen LogP contribution in [-0.4, -0.2) is 70.1 Å². The molecule has 1 aromatic heterocycles. The number of nitrogens with zero attached hydrogens (tertiary/aromatic N) is 10. The predicted octanol–water partition coefficient (Wildman–Crippen LogP) is -4.26. The van der Waals surface area contributed by atoms with Crippen LogP contribution in [0, 0.1) is 27.5 Å². The Morgan fingerprint density at radius 3 is 1.98 bits per heavy atom. The van der Waals surface area contributed by atoms with Gasteiger partial charge in [-0.25, -0.2) is 26.7 Å². The van der Waals surface area contributed by atoms with Gasteiger partial charge in [0.25, 0.3) is 5.69 Å². The molecule has 0 saturated carbocycles. The van der Waals surface area contributed by atoms with E-state index < -0.39 is 58.5 Å². The molecule has 0 saturated heterocycles. The molecule has 2 aliphatic rings. The smallest absolute Gasteiger partial charge is 0.871 e. The van der Waals surface area contributed by atoms with Crippen molar-refractivity contribution < 1.29 is 122 Å². The first kappa shape index (κ1) is 52.3. The van der Waals surface area contributed by atoms with Gasteiger partial charge in [0.2, 0.25) is 15.8 Å². The minimum Gasteiger partial charge on any atom is -0.871 e. The fourth-order valence-electron chi connectivity index (χ4n) is 4.71. The molecule has 3 aromatic carbocycles. The molecule has 1 amide bonds. The molecule has 2 N–H and O–H groups in total. The average molecular weight is 935 g/mol. The van der Waals surface area contributed by atoms with E-state index in [0.717, 1.165) is 58.3 Å². The van der Waals surface area contributed by atoms with E-state index in [1.54, 1.807) is 0 Å². The number of primary sulfonamides is 1. The fraction of sp³-hybridized carbons (Fsp3) is 0.0625. The van der Waals surface area contributed by atoms with Gasteiger partial charge in [0.1, 0.15) is 21.5 Å². The Morgan fingerprint density at radius 2 is 1.43 bits per heavy atom. The summed E-state index contributed by atoms with van der Waals surface area (Å²) in [4.78, 5) is 33.9. The van der Waals surface area contributed by atoms with Crippen molar-refractivity contribution in [2.75, 3.05) is 5.01 Å². The first-order valence-corrected chi connectivity index (χ1v) is 18.6. The Morgan fingerprint density at radius 1 is 0.836 bits per heavy atom. The number of hydrogen-bond donors (Lipinski definition) is 1. The van der Waals surface area contributed by atoms with Gasteiger partial charge in [0, 0.05) is 23.7 Å². The number of amides is 1. The van der Waals surface area contributed by atoms with Crippen LogP contribution in [0.1, 0.15) is 12.6 Å². The number of aromatic nitrogens is 2. The van der Waals surface area contributed by atoms with Crippen LogP contribution in [0.2, 0.25) is 0 Å². The number of nitro groups is 1. The van der Waals surface area contributed by atoms with Crippen LogP contribution < -0.4 is 79.5 Å². The Bertz CT molecular complexity index is 2780. The van der Waals surface area contributed by atoms with Crippen LogP contribution in [-0.2, 0) is 46.8 Å². The predicted molar refractivity (Wildman–Crippen MR) is 197 cm³/mol. The van der Waals surface area contributed by atoms with Gasteiger partial charge in [-0.3, -0.25) is 19.7 Å². The van der Waals surface area contributed by atoms with E-state index in [2.05, 4.69) is 30.6 Å². The first-order chi connectivity index (χ1) is 27.1. The molecule has 6 rings (SSSR count). The van der Waals surface area contributed by atoms with E-state index in [1.165, 1.54) is 50.2 Å². The number of rotatable bonds is 9. The van der Waals surface area contributed by atoms with E-state index in [9.17, 15) is 61.7 Å². The van der Waals surface area contributed by atoms with Gasteiger partial charge in [0.15, 0.2) is 5.71 Å². The molecule has 24 nitrogen and oxygen atoms in total. The summed E-state index contributed by atoms with van der Waals surface area (Å²) in [7, 11) is -8.52. The number of allylic oxidation sites excluding steroid dienone is 3. The van der Waals surface area contributed by atoms with E-state index >= 15 is 0 Å². The molecule has 0 unspecified atom stereocenters. The molecule has 0 spiro atoms. The van der Waals surface area contributed by atoms with Crippen molar-refractivity contribution >= 4 is 71.7 Å². The summed E-state index contributed by atoms with van der Waals surface area (Å²) in [5, 5.41) is 84.8. The second-order valence-corrected chi connectivity index (χ2v) is 14.4. The number of carbonyl (C=O) groups excluding carboxylic acids is 2.